The van der Waals surface area contributed by atoms with Gasteiger partial charge in [0.15, 0.2) is 5.70 Å². The minimum absolute atomic E-state index is 0. The second kappa shape index (κ2) is 16.9. The summed E-state index contributed by atoms with van der Waals surface area (Å²) in [6.07, 6.45) is 2.86. The lowest BCUT2D eigenvalue weighted by Gasteiger charge is -1.96. The van der Waals surface area contributed by atoms with Crippen LogP contribution in [0.15, 0.2) is 63.7 Å². The first-order valence-corrected chi connectivity index (χ1v) is 9.85. The Kier molecular flexibility index (Phi) is 17.6. The monoisotopic (exact) mass is 605 g/mol. The molecule has 0 atom stereocenters. The topological polar surface area (TPSA) is 86.3 Å². The number of halogens is 3. The zero-order chi connectivity index (χ0) is 19.9. The van der Waals surface area contributed by atoms with Crippen molar-refractivity contribution in [3.63, 3.8) is 0 Å². The number of hydrogen-bond acceptors (Lipinski definition) is 4. The Morgan fingerprint density at radius 3 is 2.04 bits per heavy atom. The average molecular weight is 607 g/mol. The minimum Gasteiger partial charge on any atom is -0.265 e. The van der Waals surface area contributed by atoms with E-state index in [0.717, 1.165) is 26.3 Å². The third-order valence-corrected chi connectivity index (χ3v) is 3.70. The first kappa shape index (κ1) is 28.0. The molecule has 139 valence electrons. The highest BCUT2D eigenvalue weighted by molar-refractivity contribution is 14.1. The molecule has 2 rings (SSSR count). The van der Waals surface area contributed by atoms with Gasteiger partial charge in [0.25, 0.3) is 0 Å². The SMILES string of the molecule is O=[N+]([O-])/C=C/c1cccc(Br)c1.O=[N+]([O-])CCc1cccc(Br)c1.[B].[B]I. The van der Waals surface area contributed by atoms with Crippen LogP contribution in [0.3, 0.4) is 0 Å². The van der Waals surface area contributed by atoms with E-state index in [1.807, 2.05) is 36.4 Å². The quantitative estimate of drug-likeness (QED) is 0.206. The summed E-state index contributed by atoms with van der Waals surface area (Å²) in [6, 6.07) is 14.8. The summed E-state index contributed by atoms with van der Waals surface area (Å²) in [4.78, 5) is 19.2. The van der Waals surface area contributed by atoms with E-state index >= 15 is 0 Å². The van der Waals surface area contributed by atoms with Crippen LogP contribution in [0, 0.1) is 20.2 Å². The van der Waals surface area contributed by atoms with Crippen LogP contribution in [-0.4, -0.2) is 30.5 Å². The van der Waals surface area contributed by atoms with Gasteiger partial charge >= 0.3 is 0 Å². The Labute approximate surface area is 191 Å². The molecule has 2 aromatic carbocycles. The molecule has 11 heteroatoms. The van der Waals surface area contributed by atoms with E-state index in [4.69, 9.17) is 0 Å². The molecule has 0 aliphatic carbocycles. The van der Waals surface area contributed by atoms with Crippen molar-refractivity contribution in [3.8, 4) is 0 Å². The van der Waals surface area contributed by atoms with Gasteiger partial charge in [-0.25, -0.2) is 0 Å². The minimum atomic E-state index is -0.485. The van der Waals surface area contributed by atoms with E-state index in [-0.39, 0.29) is 19.9 Å². The summed E-state index contributed by atoms with van der Waals surface area (Å²) in [5.74, 6) is 0. The summed E-state index contributed by atoms with van der Waals surface area (Å²) in [7, 11) is 0. The molecule has 0 aliphatic heterocycles. The molecule has 0 N–H and O–H groups in total. The lowest BCUT2D eigenvalue weighted by molar-refractivity contribution is -0.479. The van der Waals surface area contributed by atoms with Crippen molar-refractivity contribution in [1.82, 2.24) is 0 Å². The standard InChI is InChI=1S/C8H8BrNO2.C8H6BrNO2.BI.B/c2*9-8-3-1-2-7(6-8)4-5-10(11)12;1-2;/h1-3,6H,4-5H2;1-6H;;/b;5-4+;;. The fraction of sp³-hybridized carbons (Fsp3) is 0.125. The predicted octanol–water partition coefficient (Wildman–Crippen LogP) is 5.09. The van der Waals surface area contributed by atoms with Gasteiger partial charge in [0.05, 0.1) is 4.92 Å². The first-order chi connectivity index (χ1) is 12.4. The Morgan fingerprint density at radius 1 is 1.00 bits per heavy atom. The summed E-state index contributed by atoms with van der Waals surface area (Å²) in [5.41, 5.74) is 6.26. The molecule has 27 heavy (non-hydrogen) atoms. The van der Waals surface area contributed by atoms with Crippen molar-refractivity contribution in [2.45, 2.75) is 6.42 Å². The van der Waals surface area contributed by atoms with Crippen LogP contribution >= 0.6 is 54.2 Å². The van der Waals surface area contributed by atoms with Gasteiger partial charge in [-0.15, -0.1) is 0 Å². The Hall–Kier alpha value is -1.20. The summed E-state index contributed by atoms with van der Waals surface area (Å²) < 4.78 is 1.87. The van der Waals surface area contributed by atoms with E-state index in [1.165, 1.54) is 6.08 Å². The summed E-state index contributed by atoms with van der Waals surface area (Å²) >= 11 is 8.21. The van der Waals surface area contributed by atoms with Crippen molar-refractivity contribution < 1.29 is 9.85 Å². The van der Waals surface area contributed by atoms with Gasteiger partial charge in [-0.05, 0) is 35.4 Å². The zero-order valence-electron chi connectivity index (χ0n) is 14.0. The number of hydrogen-bond donors (Lipinski definition) is 0. The van der Waals surface area contributed by atoms with E-state index in [2.05, 4.69) is 37.6 Å². The molecular weight excluding hydrogens is 593 g/mol. The lowest BCUT2D eigenvalue weighted by atomic mass is 10.2. The highest BCUT2D eigenvalue weighted by Gasteiger charge is 1.99. The third-order valence-electron chi connectivity index (χ3n) is 2.71. The zero-order valence-corrected chi connectivity index (χ0v) is 19.3. The van der Waals surface area contributed by atoms with Crippen molar-refractivity contribution >= 4 is 74.4 Å². The predicted molar refractivity (Wildman–Crippen MR) is 125 cm³/mol. The van der Waals surface area contributed by atoms with E-state index in [0.29, 0.717) is 6.42 Å². The summed E-state index contributed by atoms with van der Waals surface area (Å²) in [5, 5.41) is 20.0. The molecule has 0 unspecified atom stereocenters. The number of rotatable bonds is 5. The number of benzene rings is 2. The largest absolute Gasteiger partial charge is 0.265 e. The maximum Gasteiger partial charge on any atom is 0.235 e. The van der Waals surface area contributed by atoms with E-state index in [9.17, 15) is 20.2 Å². The van der Waals surface area contributed by atoms with Crippen LogP contribution in [-0.2, 0) is 6.42 Å². The first-order valence-electron chi connectivity index (χ1n) is 7.02. The number of nitrogens with zero attached hydrogens (tertiary/aromatic N) is 2. The fourth-order valence-electron chi connectivity index (χ4n) is 1.67. The normalized spacial score (nSPS) is 9.15. The molecule has 0 aliphatic rings. The molecule has 0 saturated heterocycles. The van der Waals surface area contributed by atoms with Crippen LogP contribution in [0.25, 0.3) is 6.08 Å². The Balaban J connectivity index is 0. The molecular formula is C16H14B2Br2IN2O4. The van der Waals surface area contributed by atoms with Gasteiger partial charge in [-0.1, -0.05) is 56.1 Å². The number of nitro groups is 2. The smallest absolute Gasteiger partial charge is 0.235 e. The fourth-order valence-corrected chi connectivity index (χ4v) is 2.53. The van der Waals surface area contributed by atoms with Gasteiger partial charge in [-0.3, -0.25) is 20.2 Å². The van der Waals surface area contributed by atoms with E-state index in [1.54, 1.807) is 34.5 Å². The second-order valence-electron chi connectivity index (χ2n) is 4.59. The van der Waals surface area contributed by atoms with Crippen LogP contribution in [0.4, 0.5) is 0 Å². The van der Waals surface area contributed by atoms with Gasteiger partial charge < -0.3 is 0 Å². The van der Waals surface area contributed by atoms with Crippen LogP contribution in [0.1, 0.15) is 11.1 Å². The molecule has 0 amide bonds. The van der Waals surface area contributed by atoms with Gasteiger partial charge in [-0.2, -0.15) is 22.4 Å². The molecule has 0 aromatic heterocycles. The van der Waals surface area contributed by atoms with Gasteiger partial charge in [0.1, 0.15) is 0 Å². The van der Waals surface area contributed by atoms with Crippen LogP contribution in [0.5, 0.6) is 0 Å². The van der Waals surface area contributed by atoms with Crippen molar-refractivity contribution in [2.75, 3.05) is 6.54 Å². The Morgan fingerprint density at radius 2 is 1.56 bits per heavy atom. The Bertz CT molecular complexity index is 752. The van der Waals surface area contributed by atoms with Crippen LogP contribution in [0.2, 0.25) is 0 Å². The molecule has 0 saturated carbocycles. The van der Waals surface area contributed by atoms with Crippen molar-refractivity contribution in [3.05, 3.63) is 95.0 Å². The van der Waals surface area contributed by atoms with E-state index < -0.39 is 4.92 Å². The second-order valence-corrected chi connectivity index (χ2v) is 6.42. The molecule has 0 fully saturated rings. The molecule has 2 aromatic rings. The molecule has 6 nitrogen and oxygen atoms in total. The average Bonchev–Trinajstić information content (AvgIpc) is 2.61. The van der Waals surface area contributed by atoms with Crippen molar-refractivity contribution in [2.24, 2.45) is 0 Å². The maximum atomic E-state index is 10.1. The van der Waals surface area contributed by atoms with Gasteiger partial charge in [0, 0.05) is 34.8 Å². The molecule has 0 spiro atoms. The summed E-state index contributed by atoms with van der Waals surface area (Å²) in [6.45, 7) is -0.00352. The highest BCUT2D eigenvalue weighted by Crippen LogP contribution is 2.13. The molecule has 0 heterocycles. The molecule has 5 radical (unpaired) electrons. The van der Waals surface area contributed by atoms with Gasteiger partial charge in [0.2, 0.25) is 12.7 Å². The maximum absolute atomic E-state index is 10.1. The highest BCUT2D eigenvalue weighted by atomic mass is 127. The van der Waals surface area contributed by atoms with Crippen molar-refractivity contribution in [1.29, 1.82) is 0 Å². The lowest BCUT2D eigenvalue weighted by Crippen LogP contribution is -2.03. The molecule has 0 bridgehead atoms. The van der Waals surface area contributed by atoms with Crippen LogP contribution < -0.4 is 0 Å². The third kappa shape index (κ3) is 15.5.